The van der Waals surface area contributed by atoms with E-state index in [9.17, 15) is 0 Å². The Bertz CT molecular complexity index is 1730. The Balaban J connectivity index is 2.09. The van der Waals surface area contributed by atoms with Crippen molar-refractivity contribution in [3.8, 4) is 0 Å². The zero-order chi connectivity index (χ0) is 20.6. The van der Waals surface area contributed by atoms with Gasteiger partial charge in [-0.25, -0.2) is 0 Å². The molecule has 0 aliphatic carbocycles. The summed E-state index contributed by atoms with van der Waals surface area (Å²) in [7, 11) is 0. The fourth-order valence-corrected chi connectivity index (χ4v) is 5.46. The Hall–Kier alpha value is -3.58. The number of aromatic nitrogens is 1. The van der Waals surface area contributed by atoms with Crippen molar-refractivity contribution in [2.75, 3.05) is 0 Å². The van der Waals surface area contributed by atoms with E-state index in [0.29, 0.717) is 0 Å². The highest BCUT2D eigenvalue weighted by Gasteiger charge is 2.20. The standard InChI is InChI=1S/C29H23N/c1-5-10-21-15-17(2)26-23-13-8-9-14-24(23)30-25-16-20-11-6-7-12-22(20)18(3)27(25)19(4)28(21)29(26)30/h5-16H,4H2,1-3H3/b10-5-. The van der Waals surface area contributed by atoms with Crippen LogP contribution in [0.25, 0.3) is 61.5 Å². The molecule has 2 aromatic heterocycles. The largest absolute Gasteiger partial charge is 0.308 e. The molecule has 0 aliphatic rings. The maximum absolute atomic E-state index is 4.64. The topological polar surface area (TPSA) is 4.41 Å². The number of nitrogens with zero attached hydrogens (tertiary/aromatic N) is 1. The van der Waals surface area contributed by atoms with E-state index in [-0.39, 0.29) is 0 Å². The maximum Gasteiger partial charge on any atom is 0.0628 e. The Kier molecular flexibility index (Phi) is 3.44. The average Bonchev–Trinajstić information content (AvgIpc) is 3.09. The Morgan fingerprint density at radius 1 is 0.800 bits per heavy atom. The van der Waals surface area contributed by atoms with Crippen LogP contribution in [0.4, 0.5) is 0 Å². The van der Waals surface area contributed by atoms with Crippen LogP contribution in [0.5, 0.6) is 0 Å². The minimum Gasteiger partial charge on any atom is -0.308 e. The number of fused-ring (bicyclic) bond motifs is 6. The second kappa shape index (κ2) is 5.96. The molecule has 0 bridgehead atoms. The van der Waals surface area contributed by atoms with E-state index in [2.05, 4.69) is 105 Å². The van der Waals surface area contributed by atoms with Gasteiger partial charge in [0.2, 0.25) is 0 Å². The molecule has 2 heterocycles. The molecule has 1 nitrogen and oxygen atoms in total. The van der Waals surface area contributed by atoms with Crippen molar-refractivity contribution in [1.82, 2.24) is 4.40 Å². The molecule has 0 saturated carbocycles. The zero-order valence-corrected chi connectivity index (χ0v) is 17.6. The second-order valence-corrected chi connectivity index (χ2v) is 8.33. The number of pyridine rings is 1. The molecule has 4 aromatic carbocycles. The van der Waals surface area contributed by atoms with Crippen molar-refractivity contribution in [2.45, 2.75) is 20.8 Å². The molecule has 0 aliphatic heterocycles. The van der Waals surface area contributed by atoms with Crippen LogP contribution >= 0.6 is 0 Å². The molecule has 30 heavy (non-hydrogen) atoms. The van der Waals surface area contributed by atoms with Crippen LogP contribution in [0.1, 0.15) is 23.6 Å². The summed E-state index contributed by atoms with van der Waals surface area (Å²) in [6.45, 7) is 11.2. The normalized spacial score (nSPS) is 12.5. The summed E-state index contributed by atoms with van der Waals surface area (Å²) in [6, 6.07) is 22.1. The van der Waals surface area contributed by atoms with E-state index in [4.69, 9.17) is 0 Å². The third-order valence-electron chi connectivity index (χ3n) is 6.65. The third-order valence-corrected chi connectivity index (χ3v) is 6.65. The predicted octanol–water partition coefficient (Wildman–Crippen LogP) is 7.33. The first kappa shape index (κ1) is 17.3. The van der Waals surface area contributed by atoms with Gasteiger partial charge in [-0.05, 0) is 65.6 Å². The van der Waals surface area contributed by atoms with Crippen molar-refractivity contribution in [3.63, 3.8) is 0 Å². The van der Waals surface area contributed by atoms with Gasteiger partial charge in [-0.2, -0.15) is 0 Å². The van der Waals surface area contributed by atoms with Gasteiger partial charge in [0.15, 0.2) is 0 Å². The molecule has 0 atom stereocenters. The number of rotatable bonds is 1. The summed E-state index contributed by atoms with van der Waals surface area (Å²) in [5.41, 5.74) is 7.65. The molecular weight excluding hydrogens is 362 g/mol. The van der Waals surface area contributed by atoms with Gasteiger partial charge >= 0.3 is 0 Å². The van der Waals surface area contributed by atoms with Crippen LogP contribution < -0.4 is 5.22 Å². The minimum absolute atomic E-state index is 1.13. The van der Waals surface area contributed by atoms with E-state index in [1.807, 2.05) is 0 Å². The first-order valence-electron chi connectivity index (χ1n) is 10.5. The van der Waals surface area contributed by atoms with Crippen molar-refractivity contribution in [2.24, 2.45) is 0 Å². The fraction of sp³-hybridized carbons (Fsp3) is 0.103. The van der Waals surface area contributed by atoms with Gasteiger partial charge in [0.1, 0.15) is 0 Å². The molecule has 0 N–H and O–H groups in total. The number of benzene rings is 4. The molecule has 0 fully saturated rings. The fourth-order valence-electron chi connectivity index (χ4n) is 5.46. The predicted molar refractivity (Wildman–Crippen MR) is 132 cm³/mol. The molecular formula is C29H23N. The molecule has 0 unspecified atom stereocenters. The van der Waals surface area contributed by atoms with E-state index in [1.165, 1.54) is 65.6 Å². The lowest BCUT2D eigenvalue weighted by Gasteiger charge is -2.16. The molecule has 0 amide bonds. The maximum atomic E-state index is 4.64. The lowest BCUT2D eigenvalue weighted by atomic mass is 9.94. The lowest BCUT2D eigenvalue weighted by Crippen LogP contribution is -2.10. The monoisotopic (exact) mass is 385 g/mol. The van der Waals surface area contributed by atoms with Crippen LogP contribution in [0, 0.1) is 13.8 Å². The number of hydrogen-bond acceptors (Lipinski definition) is 0. The first-order chi connectivity index (χ1) is 14.6. The van der Waals surface area contributed by atoms with Crippen LogP contribution in [0.15, 0.2) is 66.7 Å². The van der Waals surface area contributed by atoms with Crippen LogP contribution in [0.2, 0.25) is 0 Å². The first-order valence-corrected chi connectivity index (χ1v) is 10.5. The number of allylic oxidation sites excluding steroid dienone is 1. The SMILES string of the molecule is C=c1c2c(C)c3ccccc3cc2n2c3ccccc3c3c(C)cc(/C=C\C)c1c32. The molecule has 6 rings (SSSR count). The van der Waals surface area contributed by atoms with Crippen molar-refractivity contribution in [1.29, 1.82) is 0 Å². The highest BCUT2D eigenvalue weighted by molar-refractivity contribution is 6.21. The summed E-state index contributed by atoms with van der Waals surface area (Å²) in [5.74, 6) is 0. The van der Waals surface area contributed by atoms with Gasteiger partial charge in [0, 0.05) is 21.5 Å². The Morgan fingerprint density at radius 2 is 1.53 bits per heavy atom. The minimum atomic E-state index is 1.13. The molecule has 0 radical (unpaired) electrons. The highest BCUT2D eigenvalue weighted by Crippen LogP contribution is 2.39. The van der Waals surface area contributed by atoms with Crippen molar-refractivity contribution < 1.29 is 0 Å². The highest BCUT2D eigenvalue weighted by atomic mass is 14.9. The van der Waals surface area contributed by atoms with Gasteiger partial charge in [-0.15, -0.1) is 0 Å². The van der Waals surface area contributed by atoms with Crippen molar-refractivity contribution >= 4 is 61.5 Å². The molecule has 0 spiro atoms. The third kappa shape index (κ3) is 2.02. The lowest BCUT2D eigenvalue weighted by molar-refractivity contribution is 1.33. The van der Waals surface area contributed by atoms with Gasteiger partial charge in [0.25, 0.3) is 0 Å². The van der Waals surface area contributed by atoms with E-state index >= 15 is 0 Å². The van der Waals surface area contributed by atoms with Gasteiger partial charge < -0.3 is 4.40 Å². The molecule has 1 heteroatoms. The van der Waals surface area contributed by atoms with Gasteiger partial charge in [0.05, 0.1) is 16.6 Å². The molecule has 144 valence electrons. The Morgan fingerprint density at radius 3 is 2.33 bits per heavy atom. The van der Waals surface area contributed by atoms with Crippen molar-refractivity contribution in [3.05, 3.63) is 88.6 Å². The van der Waals surface area contributed by atoms with E-state index in [1.54, 1.807) is 0 Å². The molecule has 0 saturated heterocycles. The van der Waals surface area contributed by atoms with Crippen LogP contribution in [-0.2, 0) is 0 Å². The number of aryl methyl sites for hydroxylation is 2. The Labute approximate surface area is 175 Å². The zero-order valence-electron chi connectivity index (χ0n) is 17.6. The van der Waals surface area contributed by atoms with Crippen LogP contribution in [-0.4, -0.2) is 4.40 Å². The summed E-state index contributed by atoms with van der Waals surface area (Å²) in [6.07, 6.45) is 4.34. The molecule has 6 aromatic rings. The summed E-state index contributed by atoms with van der Waals surface area (Å²) in [4.78, 5) is 0. The second-order valence-electron chi connectivity index (χ2n) is 8.33. The summed E-state index contributed by atoms with van der Waals surface area (Å²) < 4.78 is 2.48. The van der Waals surface area contributed by atoms with E-state index < -0.39 is 0 Å². The number of hydrogen-bond donors (Lipinski definition) is 0. The summed E-state index contributed by atoms with van der Waals surface area (Å²) >= 11 is 0. The van der Waals surface area contributed by atoms with Gasteiger partial charge in [-0.3, -0.25) is 0 Å². The van der Waals surface area contributed by atoms with E-state index in [0.717, 1.165) is 5.22 Å². The van der Waals surface area contributed by atoms with Crippen LogP contribution in [0.3, 0.4) is 0 Å². The summed E-state index contributed by atoms with van der Waals surface area (Å²) in [5, 5.41) is 8.87. The quantitative estimate of drug-likeness (QED) is 0.261. The van der Waals surface area contributed by atoms with Gasteiger partial charge in [-0.1, -0.05) is 67.3 Å². The smallest absolute Gasteiger partial charge is 0.0628 e. The average molecular weight is 386 g/mol. The number of para-hydroxylation sites is 1.